The van der Waals surface area contributed by atoms with E-state index in [1.54, 1.807) is 6.92 Å². The zero-order valence-corrected chi connectivity index (χ0v) is 13.6. The van der Waals surface area contributed by atoms with Gasteiger partial charge in [0.25, 0.3) is 0 Å². The summed E-state index contributed by atoms with van der Waals surface area (Å²) >= 11 is 1.10. The van der Waals surface area contributed by atoms with Crippen LogP contribution in [-0.2, 0) is 9.53 Å². The van der Waals surface area contributed by atoms with Gasteiger partial charge in [-0.25, -0.2) is 15.0 Å². The van der Waals surface area contributed by atoms with Gasteiger partial charge in [-0.2, -0.15) is 5.26 Å². The number of hydrogen-bond acceptors (Lipinski definition) is 8. The molecule has 0 aliphatic rings. The Balaban J connectivity index is 2.10. The zero-order valence-electron chi connectivity index (χ0n) is 12.8. The van der Waals surface area contributed by atoms with Crippen LogP contribution >= 0.6 is 11.8 Å². The highest BCUT2D eigenvalue weighted by Gasteiger charge is 2.17. The predicted octanol–water partition coefficient (Wildman–Crippen LogP) is 2.29. The monoisotopic (exact) mass is 339 g/mol. The lowest BCUT2D eigenvalue weighted by Gasteiger charge is -2.09. The van der Waals surface area contributed by atoms with Crippen molar-refractivity contribution in [1.82, 2.24) is 15.0 Å². The lowest BCUT2D eigenvalue weighted by Crippen LogP contribution is -2.08. The Kier molecular flexibility index (Phi) is 4.44. The van der Waals surface area contributed by atoms with Gasteiger partial charge in [0.2, 0.25) is 0 Å². The van der Waals surface area contributed by atoms with E-state index in [2.05, 4.69) is 15.0 Å². The number of nitrogens with two attached hydrogens (primary N) is 1. The first-order valence-electron chi connectivity index (χ1n) is 7.18. The third-order valence-corrected chi connectivity index (χ3v) is 4.19. The van der Waals surface area contributed by atoms with Crippen molar-refractivity contribution in [3.05, 3.63) is 29.8 Å². The number of nitriles is 1. The van der Waals surface area contributed by atoms with E-state index in [0.717, 1.165) is 11.8 Å². The van der Waals surface area contributed by atoms with Gasteiger partial charge in [-0.05, 0) is 19.1 Å². The van der Waals surface area contributed by atoms with Crippen LogP contribution in [0.1, 0.15) is 12.5 Å². The number of rotatable bonds is 4. The summed E-state index contributed by atoms with van der Waals surface area (Å²) in [5.41, 5.74) is 8.59. The minimum atomic E-state index is -0.378. The smallest absolute Gasteiger partial charge is 0.316 e. The van der Waals surface area contributed by atoms with Gasteiger partial charge in [-0.15, -0.1) is 0 Å². The van der Waals surface area contributed by atoms with Gasteiger partial charge in [-0.3, -0.25) is 4.79 Å². The number of pyridine rings is 1. The lowest BCUT2D eigenvalue weighted by atomic mass is 10.2. The predicted molar refractivity (Wildman–Crippen MR) is 91.3 cm³/mol. The van der Waals surface area contributed by atoms with Crippen molar-refractivity contribution in [2.24, 2.45) is 0 Å². The first kappa shape index (κ1) is 16.0. The molecule has 2 N–H and O–H groups in total. The van der Waals surface area contributed by atoms with Gasteiger partial charge in [-0.1, -0.05) is 23.9 Å². The highest BCUT2D eigenvalue weighted by molar-refractivity contribution is 7.99. The fourth-order valence-electron chi connectivity index (χ4n) is 2.18. The van der Waals surface area contributed by atoms with E-state index in [1.165, 1.54) is 0 Å². The van der Waals surface area contributed by atoms with Gasteiger partial charge in [0.05, 0.1) is 29.1 Å². The highest BCUT2D eigenvalue weighted by atomic mass is 32.2. The molecule has 0 fully saturated rings. The molecular weight excluding hydrogens is 326 g/mol. The van der Waals surface area contributed by atoms with E-state index in [9.17, 15) is 10.1 Å². The van der Waals surface area contributed by atoms with Crippen LogP contribution < -0.4 is 5.73 Å². The van der Waals surface area contributed by atoms with E-state index in [-0.39, 0.29) is 23.0 Å². The van der Waals surface area contributed by atoms with Gasteiger partial charge in [0, 0.05) is 0 Å². The van der Waals surface area contributed by atoms with Crippen LogP contribution in [0.5, 0.6) is 0 Å². The first-order chi connectivity index (χ1) is 11.6. The molecule has 8 heteroatoms. The lowest BCUT2D eigenvalue weighted by molar-refractivity contribution is -0.139. The number of nitrogens with zero attached hydrogens (tertiary/aromatic N) is 4. The summed E-state index contributed by atoms with van der Waals surface area (Å²) in [6.07, 6.45) is 0. The molecule has 24 heavy (non-hydrogen) atoms. The number of carbonyl (C=O) groups excluding carboxylic acids is 1. The molecule has 0 saturated carbocycles. The Bertz CT molecular complexity index is 984. The number of aromatic nitrogens is 3. The van der Waals surface area contributed by atoms with E-state index in [4.69, 9.17) is 10.5 Å². The Morgan fingerprint density at radius 1 is 1.29 bits per heavy atom. The Morgan fingerprint density at radius 3 is 2.67 bits per heavy atom. The van der Waals surface area contributed by atoms with Crippen LogP contribution in [0.2, 0.25) is 0 Å². The number of carbonyl (C=O) groups is 1. The van der Waals surface area contributed by atoms with Crippen LogP contribution in [0.3, 0.4) is 0 Å². The number of hydrogen-bond donors (Lipinski definition) is 1. The van der Waals surface area contributed by atoms with Crippen molar-refractivity contribution in [2.45, 2.75) is 11.9 Å². The number of fused-ring (bicyclic) bond motifs is 2. The molecule has 0 bridgehead atoms. The van der Waals surface area contributed by atoms with Crippen molar-refractivity contribution < 1.29 is 9.53 Å². The molecule has 0 atom stereocenters. The van der Waals surface area contributed by atoms with Gasteiger partial charge < -0.3 is 10.5 Å². The summed E-state index contributed by atoms with van der Waals surface area (Å²) in [4.78, 5) is 24.8. The quantitative estimate of drug-likeness (QED) is 0.437. The maximum absolute atomic E-state index is 11.5. The molecule has 0 saturated heterocycles. The fourth-order valence-corrected chi connectivity index (χ4v) is 2.97. The molecule has 0 radical (unpaired) electrons. The molecule has 0 aliphatic heterocycles. The van der Waals surface area contributed by atoms with Crippen molar-refractivity contribution in [3.8, 4) is 6.07 Å². The minimum Gasteiger partial charge on any atom is -0.465 e. The normalized spacial score (nSPS) is 10.7. The molecular formula is C16H13N5O2S. The molecule has 120 valence electrons. The molecule has 2 heterocycles. The molecule has 1 aromatic carbocycles. The van der Waals surface area contributed by atoms with Crippen LogP contribution in [0.25, 0.3) is 22.2 Å². The third-order valence-electron chi connectivity index (χ3n) is 3.24. The van der Waals surface area contributed by atoms with Gasteiger partial charge in [0.15, 0.2) is 5.65 Å². The summed E-state index contributed by atoms with van der Waals surface area (Å²) in [6.45, 7) is 2.03. The number of ether oxygens (including phenoxy) is 1. The molecule has 3 rings (SSSR count). The van der Waals surface area contributed by atoms with Gasteiger partial charge >= 0.3 is 5.97 Å². The van der Waals surface area contributed by atoms with Crippen LogP contribution in [-0.4, -0.2) is 33.3 Å². The summed E-state index contributed by atoms with van der Waals surface area (Å²) in [6, 6.07) is 9.37. The number of nitrogen functional groups attached to an aromatic ring is 1. The average molecular weight is 339 g/mol. The van der Waals surface area contributed by atoms with Crippen molar-refractivity contribution >= 4 is 45.6 Å². The van der Waals surface area contributed by atoms with E-state index < -0.39 is 0 Å². The van der Waals surface area contributed by atoms with Crippen molar-refractivity contribution in [1.29, 1.82) is 5.26 Å². The third kappa shape index (κ3) is 2.94. The average Bonchev–Trinajstić information content (AvgIpc) is 2.59. The second-order valence-electron chi connectivity index (χ2n) is 4.80. The molecule has 0 aliphatic carbocycles. The molecule has 0 spiro atoms. The van der Waals surface area contributed by atoms with E-state index in [1.807, 2.05) is 30.3 Å². The maximum atomic E-state index is 11.5. The highest BCUT2D eigenvalue weighted by Crippen LogP contribution is 2.30. The Labute approximate surface area is 141 Å². The maximum Gasteiger partial charge on any atom is 0.316 e. The number of esters is 1. The standard InChI is InChI=1S/C16H13N5O2S/c1-2-23-12(22)8-24-16-9(7-17)13(18)14-15(21-16)20-11-6-4-3-5-10(11)19-14/h3-6H,2,8H2,1H3,(H2,18,20,21). The second-order valence-corrected chi connectivity index (χ2v) is 5.76. The Hall–Kier alpha value is -2.92. The Morgan fingerprint density at radius 2 is 2.00 bits per heavy atom. The molecule has 0 unspecified atom stereocenters. The number of anilines is 1. The number of para-hydroxylation sites is 2. The molecule has 0 amide bonds. The SMILES string of the molecule is CCOC(=O)CSc1nc2nc3ccccc3nc2c(N)c1C#N. The van der Waals surface area contributed by atoms with Gasteiger partial charge in [0.1, 0.15) is 22.2 Å². The summed E-state index contributed by atoms with van der Waals surface area (Å²) in [5.74, 6) is -0.335. The van der Waals surface area contributed by atoms with Crippen LogP contribution in [0.15, 0.2) is 29.3 Å². The zero-order chi connectivity index (χ0) is 17.1. The molecule has 2 aromatic heterocycles. The first-order valence-corrected chi connectivity index (χ1v) is 8.17. The summed E-state index contributed by atoms with van der Waals surface area (Å²) < 4.78 is 4.88. The largest absolute Gasteiger partial charge is 0.465 e. The van der Waals surface area contributed by atoms with Crippen molar-refractivity contribution in [3.63, 3.8) is 0 Å². The fraction of sp³-hybridized carbons (Fsp3) is 0.188. The van der Waals surface area contributed by atoms with E-state index in [0.29, 0.717) is 33.8 Å². The van der Waals surface area contributed by atoms with Crippen molar-refractivity contribution in [2.75, 3.05) is 18.1 Å². The minimum absolute atomic E-state index is 0.0431. The molecule has 7 nitrogen and oxygen atoms in total. The molecule has 3 aromatic rings. The topological polar surface area (TPSA) is 115 Å². The number of benzene rings is 1. The number of thioether (sulfide) groups is 1. The van der Waals surface area contributed by atoms with Crippen LogP contribution in [0, 0.1) is 11.3 Å². The second kappa shape index (κ2) is 6.68. The van der Waals surface area contributed by atoms with Crippen LogP contribution in [0.4, 0.5) is 5.69 Å². The summed E-state index contributed by atoms with van der Waals surface area (Å²) in [5, 5.41) is 9.74. The summed E-state index contributed by atoms with van der Waals surface area (Å²) in [7, 11) is 0. The van der Waals surface area contributed by atoms with E-state index >= 15 is 0 Å².